The maximum absolute atomic E-state index is 11.4. The lowest BCUT2D eigenvalue weighted by atomic mass is 10.0. The van der Waals surface area contributed by atoms with Crippen molar-refractivity contribution in [2.24, 2.45) is 5.18 Å². The quantitative estimate of drug-likeness (QED) is 0.379. The van der Waals surface area contributed by atoms with Crippen LogP contribution in [0.25, 0.3) is 28.1 Å². The molecule has 142 valence electrons. The van der Waals surface area contributed by atoms with Gasteiger partial charge in [0.2, 0.25) is 0 Å². The molecule has 0 saturated heterocycles. The van der Waals surface area contributed by atoms with Gasteiger partial charge in [0.05, 0.1) is 17.5 Å². The number of nitrogens with one attached hydrogen (secondary N) is 1. The third kappa shape index (κ3) is 2.71. The number of hydrogen-bond donors (Lipinski definition) is 2. The van der Waals surface area contributed by atoms with Crippen LogP contribution in [-0.4, -0.2) is 29.4 Å². The number of aryl methyl sites for hydroxylation is 2. The lowest BCUT2D eigenvalue weighted by molar-refractivity contribution is 0.469. The van der Waals surface area contributed by atoms with E-state index in [1.807, 2.05) is 36.6 Å². The van der Waals surface area contributed by atoms with Crippen molar-refractivity contribution in [2.75, 3.05) is 0 Å². The zero-order valence-corrected chi connectivity index (χ0v) is 16.2. The summed E-state index contributed by atoms with van der Waals surface area (Å²) in [6.07, 6.45) is 2.38. The number of phenolic OH excluding ortho intramolecular Hbond substituents is 1. The highest BCUT2D eigenvalue weighted by Gasteiger charge is 2.20. The molecular weight excluding hydrogens is 376 g/mol. The van der Waals surface area contributed by atoms with Crippen molar-refractivity contribution in [1.82, 2.24) is 24.3 Å². The Kier molecular flexibility index (Phi) is 4.52. The molecule has 0 unspecified atom stereocenters. The zero-order chi connectivity index (χ0) is 19.8. The molecule has 0 saturated carbocycles. The van der Waals surface area contributed by atoms with Crippen LogP contribution in [0.15, 0.2) is 41.8 Å². The number of benzene rings is 2. The predicted molar refractivity (Wildman–Crippen MR) is 110 cm³/mol. The number of fused-ring (bicyclic) bond motifs is 1. The number of nitroso groups, excluding NO2 is 1. The number of phenols is 1. The van der Waals surface area contributed by atoms with E-state index >= 15 is 0 Å². The van der Waals surface area contributed by atoms with Crippen molar-refractivity contribution in [1.29, 1.82) is 0 Å². The summed E-state index contributed by atoms with van der Waals surface area (Å²) in [7, 11) is 0. The van der Waals surface area contributed by atoms with Crippen molar-refractivity contribution in [2.45, 2.75) is 26.8 Å². The molecule has 0 fully saturated rings. The molecule has 28 heavy (non-hydrogen) atoms. The number of aromatic amines is 1. The second-order valence-corrected chi connectivity index (χ2v) is 6.69. The van der Waals surface area contributed by atoms with E-state index in [1.54, 1.807) is 17.0 Å². The fourth-order valence-corrected chi connectivity index (χ4v) is 3.60. The molecule has 0 aliphatic carbocycles. The minimum absolute atomic E-state index is 0.0327. The van der Waals surface area contributed by atoms with E-state index in [2.05, 4.69) is 20.4 Å². The van der Waals surface area contributed by atoms with Crippen LogP contribution >= 0.6 is 12.2 Å². The predicted octanol–water partition coefficient (Wildman–Crippen LogP) is 4.63. The van der Waals surface area contributed by atoms with Gasteiger partial charge in [-0.05, 0) is 54.5 Å². The molecule has 4 rings (SSSR count). The second kappa shape index (κ2) is 7.01. The Morgan fingerprint density at radius 1 is 1.29 bits per heavy atom. The highest BCUT2D eigenvalue weighted by molar-refractivity contribution is 7.71. The summed E-state index contributed by atoms with van der Waals surface area (Å²) in [5.41, 5.74) is 3.78. The molecular formula is C19H18N6O2S. The van der Waals surface area contributed by atoms with Crippen LogP contribution in [0, 0.1) is 9.68 Å². The van der Waals surface area contributed by atoms with Crippen LogP contribution in [0.3, 0.4) is 0 Å². The molecule has 2 aromatic carbocycles. The van der Waals surface area contributed by atoms with E-state index in [0.717, 1.165) is 23.3 Å². The van der Waals surface area contributed by atoms with Gasteiger partial charge in [0.15, 0.2) is 10.6 Å². The third-order valence-corrected chi connectivity index (χ3v) is 5.07. The third-order valence-electron chi connectivity index (χ3n) is 4.80. The fraction of sp³-hybridized carbons (Fsp3) is 0.211. The summed E-state index contributed by atoms with van der Waals surface area (Å²) in [5.74, 6) is 0.471. The molecule has 0 amide bonds. The van der Waals surface area contributed by atoms with E-state index in [-0.39, 0.29) is 11.4 Å². The van der Waals surface area contributed by atoms with Crippen LogP contribution < -0.4 is 0 Å². The average molecular weight is 394 g/mol. The summed E-state index contributed by atoms with van der Waals surface area (Å²) in [4.78, 5) is 16.0. The Morgan fingerprint density at radius 3 is 2.82 bits per heavy atom. The molecule has 2 N–H and O–H groups in total. The van der Waals surface area contributed by atoms with E-state index in [9.17, 15) is 10.0 Å². The molecule has 2 aromatic heterocycles. The topological polar surface area (TPSA) is 101 Å². The molecule has 8 nitrogen and oxygen atoms in total. The highest BCUT2D eigenvalue weighted by atomic mass is 32.1. The van der Waals surface area contributed by atoms with Crippen molar-refractivity contribution in [3.8, 4) is 22.8 Å². The first-order valence-electron chi connectivity index (χ1n) is 8.90. The number of rotatable bonds is 5. The van der Waals surface area contributed by atoms with E-state index in [0.29, 0.717) is 28.1 Å². The van der Waals surface area contributed by atoms with Crippen LogP contribution in [0.2, 0.25) is 0 Å². The average Bonchev–Trinajstić information content (AvgIpc) is 3.30. The minimum Gasteiger partial charge on any atom is -0.508 e. The van der Waals surface area contributed by atoms with Gasteiger partial charge in [0.25, 0.3) is 0 Å². The fourth-order valence-electron chi connectivity index (χ4n) is 3.37. The van der Waals surface area contributed by atoms with Gasteiger partial charge in [-0.1, -0.05) is 13.0 Å². The monoisotopic (exact) mass is 394 g/mol. The number of para-hydroxylation sites is 1. The van der Waals surface area contributed by atoms with E-state index in [4.69, 9.17) is 12.2 Å². The first kappa shape index (κ1) is 18.1. The molecule has 0 aliphatic heterocycles. The van der Waals surface area contributed by atoms with Crippen LogP contribution in [0.1, 0.15) is 19.4 Å². The molecule has 0 bridgehead atoms. The Morgan fingerprint density at radius 2 is 2.11 bits per heavy atom. The number of aromatic hydroxyl groups is 1. The van der Waals surface area contributed by atoms with E-state index in [1.165, 1.54) is 6.07 Å². The normalized spacial score (nSPS) is 11.2. The minimum atomic E-state index is 0.0327. The molecule has 4 aromatic rings. The lowest BCUT2D eigenvalue weighted by Gasteiger charge is -2.11. The van der Waals surface area contributed by atoms with Crippen molar-refractivity contribution >= 4 is 28.9 Å². The lowest BCUT2D eigenvalue weighted by Crippen LogP contribution is -2.00. The summed E-state index contributed by atoms with van der Waals surface area (Å²) in [5, 5.41) is 20.3. The Bertz CT molecular complexity index is 1250. The first-order chi connectivity index (χ1) is 13.6. The van der Waals surface area contributed by atoms with Crippen molar-refractivity contribution in [3.05, 3.63) is 51.9 Å². The summed E-state index contributed by atoms with van der Waals surface area (Å²) in [6, 6.07) is 8.90. The highest BCUT2D eigenvalue weighted by Crippen LogP contribution is 2.37. The molecule has 0 atom stereocenters. The summed E-state index contributed by atoms with van der Waals surface area (Å²) >= 11 is 5.47. The van der Waals surface area contributed by atoms with Crippen LogP contribution in [0.5, 0.6) is 5.75 Å². The van der Waals surface area contributed by atoms with Gasteiger partial charge in [-0.15, -0.1) is 4.91 Å². The Balaban J connectivity index is 2.02. The van der Waals surface area contributed by atoms with Crippen molar-refractivity contribution in [3.63, 3.8) is 0 Å². The second-order valence-electron chi connectivity index (χ2n) is 6.31. The molecule has 0 radical (unpaired) electrons. The smallest absolute Gasteiger partial charge is 0.200 e. The largest absolute Gasteiger partial charge is 0.508 e. The molecule has 0 spiro atoms. The maximum atomic E-state index is 11.4. The van der Waals surface area contributed by atoms with Gasteiger partial charge >= 0.3 is 0 Å². The van der Waals surface area contributed by atoms with E-state index < -0.39 is 0 Å². The number of aromatic nitrogens is 5. The van der Waals surface area contributed by atoms with Gasteiger partial charge < -0.3 is 9.67 Å². The van der Waals surface area contributed by atoms with Gasteiger partial charge in [0.1, 0.15) is 17.0 Å². The summed E-state index contributed by atoms with van der Waals surface area (Å²) in [6.45, 7) is 4.76. The molecule has 0 aliphatic rings. The summed E-state index contributed by atoms with van der Waals surface area (Å²) < 4.78 is 4.15. The number of nitrogens with zero attached hydrogens (tertiary/aromatic N) is 5. The Labute approximate surface area is 165 Å². The SMILES string of the molecule is CCc1cc(-c2n[nH]c(=S)n2-c2cccc3c2ncn3CC)c(N=O)cc1O. The zero-order valence-electron chi connectivity index (χ0n) is 15.4. The van der Waals surface area contributed by atoms with Crippen LogP contribution in [0.4, 0.5) is 5.69 Å². The standard InChI is InChI=1S/C19H18N6O2S/c1-3-11-8-12(13(23-27)9-16(11)26)18-21-22-19(28)25(18)15-7-5-6-14-17(15)20-10-24(14)4-2/h5-10,26H,3-4H2,1-2H3,(H,22,28). The number of imidazole rings is 1. The van der Waals surface area contributed by atoms with Gasteiger partial charge in [-0.2, -0.15) is 5.10 Å². The number of hydrogen-bond acceptors (Lipinski definition) is 6. The maximum Gasteiger partial charge on any atom is 0.200 e. The molecule has 2 heterocycles. The van der Waals surface area contributed by atoms with Crippen LogP contribution in [-0.2, 0) is 13.0 Å². The first-order valence-corrected chi connectivity index (χ1v) is 9.31. The Hall–Kier alpha value is -3.33. The van der Waals surface area contributed by atoms with Gasteiger partial charge in [-0.25, -0.2) is 4.98 Å². The van der Waals surface area contributed by atoms with Gasteiger partial charge in [-0.3, -0.25) is 9.67 Å². The van der Waals surface area contributed by atoms with Gasteiger partial charge in [0, 0.05) is 18.2 Å². The molecule has 9 heteroatoms. The number of H-pyrrole nitrogens is 1. The van der Waals surface area contributed by atoms with Crippen molar-refractivity contribution < 1.29 is 5.11 Å².